The van der Waals surface area contributed by atoms with Gasteiger partial charge in [0.1, 0.15) is 11.6 Å². The number of piperidine rings is 1. The SMILES string of the molecule is CCOc1cc(-c2ccc(N3CC4CC(C3)N4)nc2)c2c3cn[nH]c3nn2c1.O=S(=O)(O)O. The van der Waals surface area contributed by atoms with E-state index in [-0.39, 0.29) is 0 Å². The molecule has 0 aliphatic carbocycles. The Balaban J connectivity index is 0.000000416. The zero-order chi connectivity index (χ0) is 23.2. The van der Waals surface area contributed by atoms with Crippen molar-refractivity contribution in [3.63, 3.8) is 0 Å². The van der Waals surface area contributed by atoms with Crippen LogP contribution in [-0.4, -0.2) is 74.1 Å². The number of hydrogen-bond donors (Lipinski definition) is 4. The normalized spacial score (nSPS) is 19.8. The first kappa shape index (κ1) is 21.6. The van der Waals surface area contributed by atoms with Crippen LogP contribution in [-0.2, 0) is 10.4 Å². The largest absolute Gasteiger partial charge is 0.492 e. The van der Waals surface area contributed by atoms with Crippen molar-refractivity contribution in [2.24, 2.45) is 0 Å². The highest BCUT2D eigenvalue weighted by atomic mass is 32.3. The van der Waals surface area contributed by atoms with Gasteiger partial charge in [-0.1, -0.05) is 0 Å². The number of H-pyrrole nitrogens is 1. The van der Waals surface area contributed by atoms with Gasteiger partial charge in [0, 0.05) is 42.5 Å². The maximum absolute atomic E-state index is 8.74. The second kappa shape index (κ2) is 8.26. The van der Waals surface area contributed by atoms with E-state index in [2.05, 4.69) is 43.7 Å². The minimum absolute atomic E-state index is 0.605. The molecule has 2 unspecified atom stereocenters. The van der Waals surface area contributed by atoms with Gasteiger partial charge in [0.25, 0.3) is 0 Å². The lowest BCUT2D eigenvalue weighted by atomic mass is 9.91. The van der Waals surface area contributed by atoms with Crippen LogP contribution in [0, 0.1) is 0 Å². The number of anilines is 1. The third-order valence-electron chi connectivity index (χ3n) is 5.72. The molecule has 2 atom stereocenters. The van der Waals surface area contributed by atoms with Gasteiger partial charge in [0.15, 0.2) is 5.65 Å². The van der Waals surface area contributed by atoms with E-state index < -0.39 is 10.4 Å². The van der Waals surface area contributed by atoms with Crippen molar-refractivity contribution in [2.45, 2.75) is 25.4 Å². The summed E-state index contributed by atoms with van der Waals surface area (Å²) >= 11 is 0. The number of fused-ring (bicyclic) bond motifs is 5. The summed E-state index contributed by atoms with van der Waals surface area (Å²) in [6.07, 6.45) is 6.97. The highest BCUT2D eigenvalue weighted by Crippen LogP contribution is 2.33. The Kier molecular flexibility index (Phi) is 5.40. The summed E-state index contributed by atoms with van der Waals surface area (Å²) < 4.78 is 39.2. The molecule has 4 aromatic rings. The Morgan fingerprint density at radius 1 is 1.21 bits per heavy atom. The van der Waals surface area contributed by atoms with Gasteiger partial charge in [-0.15, -0.1) is 5.10 Å². The first-order chi connectivity index (χ1) is 15.8. The number of nitrogens with one attached hydrogen (secondary N) is 2. The maximum Gasteiger partial charge on any atom is 0.394 e. The fourth-order valence-corrected chi connectivity index (χ4v) is 4.44. The average molecular weight is 474 g/mol. The summed E-state index contributed by atoms with van der Waals surface area (Å²) in [5, 5.41) is 16.2. The Bertz CT molecular complexity index is 1380. The fourth-order valence-electron chi connectivity index (χ4n) is 4.44. The van der Waals surface area contributed by atoms with Crippen molar-refractivity contribution in [1.82, 2.24) is 30.1 Å². The molecular formula is C20H23N7O5S. The third kappa shape index (κ3) is 4.48. The van der Waals surface area contributed by atoms with E-state index in [0.29, 0.717) is 18.7 Å². The first-order valence-corrected chi connectivity index (χ1v) is 11.8. The van der Waals surface area contributed by atoms with Crippen LogP contribution in [0.3, 0.4) is 0 Å². The molecule has 3 aliphatic rings. The van der Waals surface area contributed by atoms with Gasteiger partial charge in [-0.25, -0.2) is 9.50 Å². The van der Waals surface area contributed by atoms with Crippen molar-refractivity contribution in [1.29, 1.82) is 0 Å². The number of rotatable bonds is 4. The van der Waals surface area contributed by atoms with Crippen LogP contribution >= 0.6 is 0 Å². The van der Waals surface area contributed by atoms with Crippen LogP contribution in [0.2, 0.25) is 0 Å². The zero-order valence-electron chi connectivity index (χ0n) is 17.7. The van der Waals surface area contributed by atoms with E-state index >= 15 is 0 Å². The summed E-state index contributed by atoms with van der Waals surface area (Å²) in [5.41, 5.74) is 3.85. The van der Waals surface area contributed by atoms with E-state index in [1.807, 2.05) is 30.0 Å². The molecule has 7 rings (SSSR count). The molecule has 7 heterocycles. The topological polar surface area (TPSA) is 158 Å². The van der Waals surface area contributed by atoms with Gasteiger partial charge in [0.05, 0.1) is 29.9 Å². The molecule has 4 N–H and O–H groups in total. The molecule has 0 spiro atoms. The quantitative estimate of drug-likeness (QED) is 0.321. The lowest BCUT2D eigenvalue weighted by Gasteiger charge is -2.48. The van der Waals surface area contributed by atoms with E-state index in [1.54, 1.807) is 0 Å². The first-order valence-electron chi connectivity index (χ1n) is 10.4. The maximum atomic E-state index is 8.74. The standard InChI is InChI=1S/C20H21N7O.H2O4S/c1-2-28-15-6-16(19-17-8-22-24-20(17)25-27(19)11-15)12-3-4-18(21-7-12)26-9-13-5-14(10-26)23-13;1-5(2,3)4/h3-4,6-8,11,13-14,23H,2,5,9-10H2,1H3,(H,24,25);(H2,1,2,3,4). The molecule has 12 nitrogen and oxygen atoms in total. The Morgan fingerprint density at radius 3 is 2.58 bits per heavy atom. The van der Waals surface area contributed by atoms with Crippen molar-refractivity contribution in [3.8, 4) is 16.9 Å². The van der Waals surface area contributed by atoms with Crippen molar-refractivity contribution in [3.05, 3.63) is 36.8 Å². The minimum Gasteiger partial charge on any atom is -0.492 e. The highest BCUT2D eigenvalue weighted by Gasteiger charge is 2.36. The minimum atomic E-state index is -4.67. The van der Waals surface area contributed by atoms with E-state index in [1.165, 1.54) is 6.42 Å². The smallest absolute Gasteiger partial charge is 0.394 e. The van der Waals surface area contributed by atoms with E-state index in [4.69, 9.17) is 27.2 Å². The summed E-state index contributed by atoms with van der Waals surface area (Å²) in [7, 11) is -4.67. The van der Waals surface area contributed by atoms with E-state index in [0.717, 1.165) is 52.3 Å². The third-order valence-corrected chi connectivity index (χ3v) is 5.72. The molecule has 2 bridgehead atoms. The second-order valence-corrected chi connectivity index (χ2v) is 8.90. The number of hydrogen-bond acceptors (Lipinski definition) is 8. The molecule has 4 aromatic heterocycles. The van der Waals surface area contributed by atoms with Crippen LogP contribution in [0.1, 0.15) is 13.3 Å². The van der Waals surface area contributed by atoms with Crippen LogP contribution in [0.4, 0.5) is 5.82 Å². The number of nitrogens with zero attached hydrogens (tertiary/aromatic N) is 5. The molecule has 0 aromatic carbocycles. The molecule has 174 valence electrons. The van der Waals surface area contributed by atoms with Crippen molar-refractivity contribution in [2.75, 3.05) is 24.6 Å². The molecular weight excluding hydrogens is 450 g/mol. The van der Waals surface area contributed by atoms with E-state index in [9.17, 15) is 0 Å². The molecule has 3 saturated heterocycles. The van der Waals surface area contributed by atoms with Gasteiger partial charge in [-0.05, 0) is 31.5 Å². The highest BCUT2D eigenvalue weighted by molar-refractivity contribution is 7.79. The van der Waals surface area contributed by atoms with Crippen LogP contribution in [0.25, 0.3) is 27.7 Å². The Morgan fingerprint density at radius 2 is 1.94 bits per heavy atom. The van der Waals surface area contributed by atoms with Crippen LogP contribution in [0.15, 0.2) is 36.8 Å². The molecule has 0 radical (unpaired) electrons. The molecule has 3 fully saturated rings. The monoisotopic (exact) mass is 473 g/mol. The van der Waals surface area contributed by atoms with Crippen LogP contribution < -0.4 is 15.0 Å². The predicted octanol–water partition coefficient (Wildman–Crippen LogP) is 1.57. The molecule has 33 heavy (non-hydrogen) atoms. The number of ether oxygens (including phenoxy) is 1. The van der Waals surface area contributed by atoms with Gasteiger partial charge < -0.3 is 15.0 Å². The molecule has 0 saturated carbocycles. The van der Waals surface area contributed by atoms with Gasteiger partial charge in [-0.3, -0.25) is 14.2 Å². The fraction of sp³-hybridized carbons (Fsp3) is 0.350. The van der Waals surface area contributed by atoms with Gasteiger partial charge in [0.2, 0.25) is 0 Å². The predicted molar refractivity (Wildman–Crippen MR) is 121 cm³/mol. The summed E-state index contributed by atoms with van der Waals surface area (Å²) in [4.78, 5) is 7.15. The second-order valence-electron chi connectivity index (χ2n) is 8.00. The summed E-state index contributed by atoms with van der Waals surface area (Å²) in [6.45, 7) is 4.65. The van der Waals surface area contributed by atoms with Crippen molar-refractivity contribution < 1.29 is 22.3 Å². The molecule has 0 amide bonds. The van der Waals surface area contributed by atoms with Crippen molar-refractivity contribution >= 4 is 32.8 Å². The number of aromatic nitrogens is 5. The lowest BCUT2D eigenvalue weighted by Crippen LogP contribution is -2.67. The number of piperazine rings is 1. The van der Waals surface area contributed by atoms with Gasteiger partial charge in [-0.2, -0.15) is 13.5 Å². The van der Waals surface area contributed by atoms with Gasteiger partial charge >= 0.3 is 10.4 Å². The lowest BCUT2D eigenvalue weighted by molar-refractivity contribution is 0.225. The molecule has 13 heteroatoms. The zero-order valence-corrected chi connectivity index (χ0v) is 18.5. The average Bonchev–Trinajstić information content (AvgIpc) is 3.33. The number of aromatic amines is 1. The number of pyridine rings is 2. The summed E-state index contributed by atoms with van der Waals surface area (Å²) in [6, 6.07) is 7.55. The Labute approximate surface area is 189 Å². The summed E-state index contributed by atoms with van der Waals surface area (Å²) in [5.74, 6) is 1.83. The molecule has 3 aliphatic heterocycles. The van der Waals surface area contributed by atoms with Crippen LogP contribution in [0.5, 0.6) is 5.75 Å². The Hall–Kier alpha value is -3.26.